The average Bonchev–Trinajstić information content (AvgIpc) is 3.58. The molecule has 200 valence electrons. The lowest BCUT2D eigenvalue weighted by atomic mass is 10.1. The summed E-state index contributed by atoms with van der Waals surface area (Å²) in [4.78, 5) is 28.7. The second-order valence-electron chi connectivity index (χ2n) is 9.92. The van der Waals surface area contributed by atoms with Crippen LogP contribution >= 0.6 is 23.2 Å². The molecule has 0 aliphatic carbocycles. The van der Waals surface area contributed by atoms with Gasteiger partial charge in [-0.05, 0) is 75.2 Å². The van der Waals surface area contributed by atoms with E-state index < -0.39 is 5.82 Å². The molecule has 37 heavy (non-hydrogen) atoms. The minimum Gasteiger partial charge on any atom is -0.368 e. The van der Waals surface area contributed by atoms with Crippen LogP contribution in [0.5, 0.6) is 0 Å². The highest BCUT2D eigenvalue weighted by Gasteiger charge is 2.31. The number of carbonyl (C=O) groups is 2. The summed E-state index contributed by atoms with van der Waals surface area (Å²) in [5.41, 5.74) is 1.76. The number of hydrogen-bond donors (Lipinski definition) is 1. The van der Waals surface area contributed by atoms with E-state index in [2.05, 4.69) is 20.0 Å². The van der Waals surface area contributed by atoms with Crippen molar-refractivity contribution >= 4 is 41.5 Å². The summed E-state index contributed by atoms with van der Waals surface area (Å²) in [6.07, 6.45) is 6.79. The molecular weight excluding hydrogens is 514 g/mol. The van der Waals surface area contributed by atoms with E-state index in [1.54, 1.807) is 6.07 Å². The number of piperazine rings is 2. The first-order valence-electron chi connectivity index (χ1n) is 13.1. The molecule has 4 saturated heterocycles. The Morgan fingerprint density at radius 2 is 1.46 bits per heavy atom. The van der Waals surface area contributed by atoms with Crippen LogP contribution in [0.15, 0.2) is 36.4 Å². The number of aldehydes is 2. The third kappa shape index (κ3) is 7.52. The van der Waals surface area contributed by atoms with Gasteiger partial charge in [0.2, 0.25) is 0 Å². The number of fused-ring (bicyclic) bond motifs is 2. The molecule has 0 radical (unpaired) electrons. The van der Waals surface area contributed by atoms with Crippen LogP contribution in [0.2, 0.25) is 10.0 Å². The van der Waals surface area contributed by atoms with Gasteiger partial charge in [-0.2, -0.15) is 0 Å². The number of rotatable bonds is 3. The van der Waals surface area contributed by atoms with Crippen LogP contribution in [0.3, 0.4) is 0 Å². The molecule has 0 unspecified atom stereocenters. The van der Waals surface area contributed by atoms with Crippen LogP contribution in [0, 0.1) is 5.82 Å². The third-order valence-corrected chi connectivity index (χ3v) is 8.06. The van der Waals surface area contributed by atoms with Crippen molar-refractivity contribution in [1.82, 2.24) is 15.1 Å². The topological polar surface area (TPSA) is 55.9 Å². The van der Waals surface area contributed by atoms with Gasteiger partial charge >= 0.3 is 0 Å². The molecule has 0 amide bonds. The van der Waals surface area contributed by atoms with Crippen molar-refractivity contribution in [3.05, 3.63) is 63.4 Å². The number of benzene rings is 2. The second kappa shape index (κ2) is 13.7. The van der Waals surface area contributed by atoms with Gasteiger partial charge in [0.15, 0.2) is 12.6 Å². The zero-order valence-corrected chi connectivity index (χ0v) is 22.6. The van der Waals surface area contributed by atoms with Crippen LogP contribution in [-0.4, -0.2) is 86.8 Å². The predicted molar refractivity (Wildman–Crippen MR) is 148 cm³/mol. The van der Waals surface area contributed by atoms with Gasteiger partial charge in [0.05, 0.1) is 5.56 Å². The van der Waals surface area contributed by atoms with Gasteiger partial charge in [0, 0.05) is 72.6 Å². The zero-order valence-electron chi connectivity index (χ0n) is 21.1. The average molecular weight is 550 g/mol. The molecule has 2 aromatic rings. The number of hydrogen-bond acceptors (Lipinski definition) is 6. The van der Waals surface area contributed by atoms with Gasteiger partial charge < -0.3 is 10.2 Å². The Kier molecular flexibility index (Phi) is 10.3. The molecule has 0 aromatic heterocycles. The lowest BCUT2D eigenvalue weighted by Crippen LogP contribution is -2.50. The molecule has 1 N–H and O–H groups in total. The second-order valence-corrected chi connectivity index (χ2v) is 10.8. The first-order valence-corrected chi connectivity index (χ1v) is 13.8. The van der Waals surface area contributed by atoms with E-state index in [0.717, 1.165) is 49.3 Å². The molecule has 2 atom stereocenters. The molecule has 0 saturated carbocycles. The fourth-order valence-electron chi connectivity index (χ4n) is 5.61. The van der Waals surface area contributed by atoms with Crippen molar-refractivity contribution in [2.45, 2.75) is 37.8 Å². The summed E-state index contributed by atoms with van der Waals surface area (Å²) in [6, 6.07) is 10.9. The maximum Gasteiger partial charge on any atom is 0.152 e. The van der Waals surface area contributed by atoms with Gasteiger partial charge in [-0.1, -0.05) is 23.2 Å². The van der Waals surface area contributed by atoms with Crippen molar-refractivity contribution in [2.24, 2.45) is 0 Å². The number of anilines is 1. The minimum atomic E-state index is -0.581. The lowest BCUT2D eigenvalue weighted by Gasteiger charge is -2.39. The van der Waals surface area contributed by atoms with Crippen molar-refractivity contribution in [3.8, 4) is 0 Å². The van der Waals surface area contributed by atoms with E-state index in [1.165, 1.54) is 70.5 Å². The number of nitrogens with one attached hydrogen (secondary N) is 1. The van der Waals surface area contributed by atoms with E-state index in [-0.39, 0.29) is 5.56 Å². The Morgan fingerprint density at radius 3 is 2.14 bits per heavy atom. The van der Waals surface area contributed by atoms with Crippen molar-refractivity contribution in [3.63, 3.8) is 0 Å². The maximum absolute atomic E-state index is 12.5. The monoisotopic (exact) mass is 548 g/mol. The van der Waals surface area contributed by atoms with E-state index >= 15 is 0 Å². The van der Waals surface area contributed by atoms with E-state index in [9.17, 15) is 14.0 Å². The number of carbonyl (C=O) groups excluding carboxylic acids is 2. The van der Waals surface area contributed by atoms with Crippen molar-refractivity contribution < 1.29 is 14.0 Å². The summed E-state index contributed by atoms with van der Waals surface area (Å²) in [6.45, 7) is 9.40. The van der Waals surface area contributed by atoms with Crippen molar-refractivity contribution in [2.75, 3.05) is 57.3 Å². The summed E-state index contributed by atoms with van der Waals surface area (Å²) in [5.74, 6) is -0.581. The molecule has 6 nitrogen and oxygen atoms in total. The first kappa shape index (κ1) is 28.0. The molecule has 0 bridgehead atoms. The number of halogens is 3. The first-order chi connectivity index (χ1) is 18.0. The largest absolute Gasteiger partial charge is 0.368 e. The van der Waals surface area contributed by atoms with E-state index in [0.29, 0.717) is 22.4 Å². The summed E-state index contributed by atoms with van der Waals surface area (Å²) in [5, 5.41) is 4.41. The van der Waals surface area contributed by atoms with Crippen LogP contribution in [0.25, 0.3) is 0 Å². The Hall–Kier alpha value is -2.03. The smallest absolute Gasteiger partial charge is 0.152 e. The molecule has 4 aliphatic heterocycles. The van der Waals surface area contributed by atoms with Crippen LogP contribution in [0.1, 0.15) is 46.4 Å². The third-order valence-electron chi connectivity index (χ3n) is 7.59. The normalized spacial score (nSPS) is 23.2. The minimum absolute atomic E-state index is 0.0319. The standard InChI is InChI=1S/C14H17ClN2O.C7H4ClFO.C7H14N2/c15-12-4-3-11(10-18)14(8-12)17-7-6-16-5-1-2-13(16)9-17;8-6-2-1-5(4-10)7(9)3-6;1-2-7-6-8-3-5-9(7)4-1/h3-4,8,10,13H,1-2,5-7,9H2;1-4H;7-8H,1-6H2/t13-;;7-/m1.1/s1. The van der Waals surface area contributed by atoms with Crippen LogP contribution in [-0.2, 0) is 0 Å². The molecule has 4 heterocycles. The molecule has 4 fully saturated rings. The Balaban J connectivity index is 0.000000142. The van der Waals surface area contributed by atoms with Gasteiger partial charge in [-0.25, -0.2) is 4.39 Å². The Bertz CT molecular complexity index is 1060. The quantitative estimate of drug-likeness (QED) is 0.557. The van der Waals surface area contributed by atoms with E-state index in [4.69, 9.17) is 23.2 Å². The fraction of sp³-hybridized carbons (Fsp3) is 0.500. The molecule has 4 aliphatic rings. The lowest BCUT2D eigenvalue weighted by molar-refractivity contribution is 0.111. The zero-order chi connectivity index (χ0) is 26.2. The molecule has 2 aromatic carbocycles. The molecule has 0 spiro atoms. The maximum atomic E-state index is 12.5. The highest BCUT2D eigenvalue weighted by Crippen LogP contribution is 2.29. The highest BCUT2D eigenvalue weighted by atomic mass is 35.5. The number of nitrogens with zero attached hydrogens (tertiary/aromatic N) is 3. The molecular formula is C28H35Cl2FN4O2. The SMILES string of the molecule is C1C[C@@H]2CNCCN2C1.O=Cc1ccc(Cl)cc1F.O=Cc1ccc(Cl)cc1N1CCN2CCC[C@@H]2C1. The Morgan fingerprint density at radius 1 is 0.811 bits per heavy atom. The van der Waals surface area contributed by atoms with Crippen LogP contribution in [0.4, 0.5) is 10.1 Å². The fourth-order valence-corrected chi connectivity index (χ4v) is 5.93. The van der Waals surface area contributed by atoms with Gasteiger partial charge in [0.1, 0.15) is 5.82 Å². The molecule has 6 rings (SSSR count). The predicted octanol–water partition coefficient (Wildman–Crippen LogP) is 4.78. The van der Waals surface area contributed by atoms with Gasteiger partial charge in [0.25, 0.3) is 0 Å². The van der Waals surface area contributed by atoms with Crippen molar-refractivity contribution in [1.29, 1.82) is 0 Å². The highest BCUT2D eigenvalue weighted by molar-refractivity contribution is 6.31. The van der Waals surface area contributed by atoms with E-state index in [1.807, 2.05) is 12.1 Å². The summed E-state index contributed by atoms with van der Waals surface area (Å²) in [7, 11) is 0. The Labute approximate surface area is 228 Å². The summed E-state index contributed by atoms with van der Waals surface area (Å²) < 4.78 is 12.5. The van der Waals surface area contributed by atoms with Gasteiger partial charge in [-0.15, -0.1) is 0 Å². The summed E-state index contributed by atoms with van der Waals surface area (Å²) >= 11 is 11.5. The van der Waals surface area contributed by atoms with Crippen LogP contribution < -0.4 is 10.2 Å². The van der Waals surface area contributed by atoms with Gasteiger partial charge in [-0.3, -0.25) is 19.4 Å². The molecule has 9 heteroatoms.